The van der Waals surface area contributed by atoms with Crippen LogP contribution in [0.2, 0.25) is 0 Å². The van der Waals surface area contributed by atoms with Gasteiger partial charge in [-0.25, -0.2) is 4.79 Å². The fourth-order valence-electron chi connectivity index (χ4n) is 4.89. The number of likely N-dealkylation sites (tertiary alicyclic amines) is 1. The average Bonchev–Trinajstić information content (AvgIpc) is 2.92. The number of likely N-dealkylation sites (N-methyl/N-ethyl adjacent to an activating group) is 1. The number of carbonyl (C=O) groups excluding carboxylic acids is 2. The first-order chi connectivity index (χ1) is 13.6. The highest BCUT2D eigenvalue weighted by molar-refractivity contribution is 7.99. The molecule has 7 heteroatoms. The van der Waals surface area contributed by atoms with Gasteiger partial charge in [0.1, 0.15) is 5.54 Å². The van der Waals surface area contributed by atoms with Gasteiger partial charge < -0.3 is 9.80 Å². The van der Waals surface area contributed by atoms with Crippen LogP contribution in [-0.2, 0) is 11.2 Å². The van der Waals surface area contributed by atoms with E-state index in [-0.39, 0.29) is 11.9 Å². The molecule has 0 atom stereocenters. The highest BCUT2D eigenvalue weighted by Gasteiger charge is 2.56. The standard InChI is InChI=1S/C21H30N4O2S/c1-23-20(27)25(12-2-3-17-4-10-22-11-5-17)19(26)21(23)8-13-24(14-9-21)18-6-15-28-16-7-18/h4-5,10-11,18H,2-3,6-9,12-16H2,1H3. The van der Waals surface area contributed by atoms with Gasteiger partial charge in [0.2, 0.25) is 0 Å². The van der Waals surface area contributed by atoms with E-state index in [0.717, 1.165) is 38.8 Å². The van der Waals surface area contributed by atoms with Gasteiger partial charge in [-0.05, 0) is 67.7 Å². The second-order valence-corrected chi connectivity index (χ2v) is 9.39. The van der Waals surface area contributed by atoms with Crippen LogP contribution in [-0.4, -0.2) is 81.4 Å². The van der Waals surface area contributed by atoms with Crippen LogP contribution >= 0.6 is 11.8 Å². The molecule has 3 amide bonds. The summed E-state index contributed by atoms with van der Waals surface area (Å²) >= 11 is 2.04. The third-order valence-corrected chi connectivity index (χ3v) is 7.78. The molecule has 4 heterocycles. The number of thioether (sulfide) groups is 1. The number of urea groups is 1. The lowest BCUT2D eigenvalue weighted by Gasteiger charge is -2.44. The molecule has 0 aliphatic carbocycles. The minimum atomic E-state index is -0.617. The van der Waals surface area contributed by atoms with Gasteiger partial charge in [-0.1, -0.05) is 0 Å². The molecule has 6 nitrogen and oxygen atoms in total. The SMILES string of the molecule is CN1C(=O)N(CCCc2ccncc2)C(=O)C12CCN(C1CCSCC1)CC2. The number of hydrogen-bond donors (Lipinski definition) is 0. The zero-order chi connectivity index (χ0) is 19.6. The van der Waals surface area contributed by atoms with Crippen molar-refractivity contribution in [2.45, 2.75) is 50.1 Å². The van der Waals surface area contributed by atoms with Crippen molar-refractivity contribution < 1.29 is 9.59 Å². The number of piperidine rings is 1. The van der Waals surface area contributed by atoms with E-state index in [1.807, 2.05) is 30.9 Å². The van der Waals surface area contributed by atoms with Crippen LogP contribution in [0.5, 0.6) is 0 Å². The van der Waals surface area contributed by atoms with Crippen molar-refractivity contribution in [3.8, 4) is 0 Å². The maximum atomic E-state index is 13.3. The average molecular weight is 403 g/mol. The predicted molar refractivity (Wildman–Crippen MR) is 111 cm³/mol. The maximum absolute atomic E-state index is 13.3. The van der Waals surface area contributed by atoms with Crippen molar-refractivity contribution in [3.05, 3.63) is 30.1 Å². The minimum absolute atomic E-state index is 0.0218. The quantitative estimate of drug-likeness (QED) is 0.709. The molecule has 0 radical (unpaired) electrons. The van der Waals surface area contributed by atoms with Crippen LogP contribution < -0.4 is 0 Å². The number of carbonyl (C=O) groups is 2. The Labute approximate surface area is 171 Å². The molecule has 1 aromatic rings. The predicted octanol–water partition coefficient (Wildman–Crippen LogP) is 2.64. The molecule has 3 aliphatic rings. The van der Waals surface area contributed by atoms with Crippen LogP contribution in [0.15, 0.2) is 24.5 Å². The Hall–Kier alpha value is -1.60. The molecule has 0 saturated carbocycles. The largest absolute Gasteiger partial charge is 0.327 e. The summed E-state index contributed by atoms with van der Waals surface area (Å²) in [5.74, 6) is 2.51. The minimum Gasteiger partial charge on any atom is -0.312 e. The number of nitrogens with zero attached hydrogens (tertiary/aromatic N) is 4. The molecule has 3 aliphatic heterocycles. The Morgan fingerprint density at radius 1 is 1.14 bits per heavy atom. The normalized spacial score (nSPS) is 23.8. The van der Waals surface area contributed by atoms with E-state index in [2.05, 4.69) is 9.88 Å². The molecular formula is C21H30N4O2S. The summed E-state index contributed by atoms with van der Waals surface area (Å²) in [6.45, 7) is 2.34. The van der Waals surface area contributed by atoms with E-state index in [0.29, 0.717) is 12.6 Å². The summed E-state index contributed by atoms with van der Waals surface area (Å²) in [5.41, 5.74) is 0.573. The third-order valence-electron chi connectivity index (χ3n) is 6.73. The lowest BCUT2D eigenvalue weighted by molar-refractivity contribution is -0.135. The summed E-state index contributed by atoms with van der Waals surface area (Å²) in [6, 6.07) is 4.51. The van der Waals surface area contributed by atoms with Gasteiger partial charge >= 0.3 is 6.03 Å². The van der Waals surface area contributed by atoms with Gasteiger partial charge in [0.05, 0.1) is 0 Å². The molecule has 3 fully saturated rings. The lowest BCUT2D eigenvalue weighted by Crippen LogP contribution is -2.57. The summed E-state index contributed by atoms with van der Waals surface area (Å²) in [7, 11) is 1.82. The number of pyridine rings is 1. The van der Waals surface area contributed by atoms with Crippen LogP contribution in [0, 0.1) is 0 Å². The van der Waals surface area contributed by atoms with Gasteiger partial charge in [-0.2, -0.15) is 11.8 Å². The Balaban J connectivity index is 1.36. The maximum Gasteiger partial charge on any atom is 0.327 e. The molecule has 3 saturated heterocycles. The van der Waals surface area contributed by atoms with Crippen molar-refractivity contribution >= 4 is 23.7 Å². The van der Waals surface area contributed by atoms with Crippen molar-refractivity contribution in [1.29, 1.82) is 0 Å². The molecule has 1 aromatic heterocycles. The lowest BCUT2D eigenvalue weighted by atomic mass is 9.85. The number of rotatable bonds is 5. The topological polar surface area (TPSA) is 56.8 Å². The summed E-state index contributed by atoms with van der Waals surface area (Å²) in [6.07, 6.45) is 9.23. The van der Waals surface area contributed by atoms with Gasteiger partial charge in [-0.3, -0.25) is 14.7 Å². The fourth-order valence-corrected chi connectivity index (χ4v) is 5.97. The molecule has 152 valence electrons. The Morgan fingerprint density at radius 2 is 1.82 bits per heavy atom. The molecule has 0 bridgehead atoms. The van der Waals surface area contributed by atoms with E-state index in [9.17, 15) is 9.59 Å². The monoisotopic (exact) mass is 402 g/mol. The van der Waals surface area contributed by atoms with Gasteiger partial charge in [0, 0.05) is 45.1 Å². The summed E-state index contributed by atoms with van der Waals surface area (Å²) < 4.78 is 0. The summed E-state index contributed by atoms with van der Waals surface area (Å²) in [5, 5.41) is 0. The van der Waals surface area contributed by atoms with E-state index >= 15 is 0 Å². The number of imide groups is 1. The number of amides is 3. The first kappa shape index (κ1) is 19.7. The Morgan fingerprint density at radius 3 is 2.50 bits per heavy atom. The van der Waals surface area contributed by atoms with E-state index in [1.165, 1.54) is 34.8 Å². The number of aromatic nitrogens is 1. The molecule has 0 unspecified atom stereocenters. The number of hydrogen-bond acceptors (Lipinski definition) is 5. The highest BCUT2D eigenvalue weighted by atomic mass is 32.2. The molecule has 1 spiro atoms. The molecular weight excluding hydrogens is 372 g/mol. The smallest absolute Gasteiger partial charge is 0.312 e. The Kier molecular flexibility index (Phi) is 5.92. The molecule has 28 heavy (non-hydrogen) atoms. The highest BCUT2D eigenvalue weighted by Crippen LogP contribution is 2.37. The molecule has 0 N–H and O–H groups in total. The van der Waals surface area contributed by atoms with E-state index < -0.39 is 5.54 Å². The molecule has 4 rings (SSSR count). The fraction of sp³-hybridized carbons (Fsp3) is 0.667. The second kappa shape index (κ2) is 8.41. The zero-order valence-corrected chi connectivity index (χ0v) is 17.5. The third kappa shape index (κ3) is 3.66. The van der Waals surface area contributed by atoms with Crippen LogP contribution in [0.3, 0.4) is 0 Å². The first-order valence-electron chi connectivity index (χ1n) is 10.4. The van der Waals surface area contributed by atoms with Gasteiger partial charge in [-0.15, -0.1) is 0 Å². The number of aryl methyl sites for hydroxylation is 1. The summed E-state index contributed by atoms with van der Waals surface area (Å²) in [4.78, 5) is 35.9. The molecule has 0 aromatic carbocycles. The van der Waals surface area contributed by atoms with Crippen molar-refractivity contribution in [2.24, 2.45) is 0 Å². The van der Waals surface area contributed by atoms with E-state index in [4.69, 9.17) is 0 Å². The van der Waals surface area contributed by atoms with Gasteiger partial charge in [0.25, 0.3) is 5.91 Å². The van der Waals surface area contributed by atoms with Gasteiger partial charge in [0.15, 0.2) is 0 Å². The van der Waals surface area contributed by atoms with Crippen molar-refractivity contribution in [1.82, 2.24) is 19.7 Å². The first-order valence-corrected chi connectivity index (χ1v) is 11.6. The van der Waals surface area contributed by atoms with Crippen molar-refractivity contribution in [2.75, 3.05) is 38.2 Å². The van der Waals surface area contributed by atoms with Crippen LogP contribution in [0.25, 0.3) is 0 Å². The Bertz CT molecular complexity index is 700. The van der Waals surface area contributed by atoms with Crippen molar-refractivity contribution in [3.63, 3.8) is 0 Å². The second-order valence-electron chi connectivity index (χ2n) is 8.17. The van der Waals surface area contributed by atoms with E-state index in [1.54, 1.807) is 17.3 Å². The van der Waals surface area contributed by atoms with Crippen LogP contribution in [0.4, 0.5) is 4.79 Å². The zero-order valence-electron chi connectivity index (χ0n) is 16.7. The van der Waals surface area contributed by atoms with Crippen LogP contribution in [0.1, 0.15) is 37.7 Å².